The molecule has 1 aliphatic rings. The first-order chi connectivity index (χ1) is 15.8. The lowest BCUT2D eigenvalue weighted by molar-refractivity contribution is -0.122. The number of anilines is 1. The summed E-state index contributed by atoms with van der Waals surface area (Å²) >= 11 is 11.6. The summed E-state index contributed by atoms with van der Waals surface area (Å²) in [4.78, 5) is 27.6. The van der Waals surface area contributed by atoms with Crippen molar-refractivity contribution in [3.05, 3.63) is 76.3 Å². The summed E-state index contributed by atoms with van der Waals surface area (Å²) < 4.78 is 6.13. The maximum absolute atomic E-state index is 13.5. The number of rotatable bonds is 5. The monoisotopic (exact) mass is 478 g/mol. The largest absolute Gasteiger partial charge is 0.490 e. The molecule has 1 atom stereocenters. The van der Waals surface area contributed by atoms with Crippen molar-refractivity contribution in [2.24, 2.45) is 0 Å². The van der Waals surface area contributed by atoms with Crippen LogP contribution in [-0.4, -0.2) is 23.0 Å². The van der Waals surface area contributed by atoms with Gasteiger partial charge < -0.3 is 4.74 Å². The van der Waals surface area contributed by atoms with Crippen molar-refractivity contribution in [2.75, 3.05) is 4.90 Å². The average molecular weight is 479 g/mol. The zero-order valence-electron chi connectivity index (χ0n) is 18.5. The quantitative estimate of drug-likeness (QED) is 0.285. The highest BCUT2D eigenvalue weighted by atomic mass is 35.5. The number of amides is 2. The third kappa shape index (κ3) is 4.49. The predicted molar refractivity (Wildman–Crippen MR) is 137 cm³/mol. The molecule has 0 aromatic heterocycles. The molecular weight excluding hydrogens is 456 g/mol. The van der Waals surface area contributed by atoms with E-state index in [2.05, 4.69) is 5.32 Å². The minimum Gasteiger partial charge on any atom is -0.490 e. The van der Waals surface area contributed by atoms with Crippen LogP contribution in [0, 0.1) is 6.92 Å². The smallest absolute Gasteiger partial charge is 0.270 e. The second-order valence-electron chi connectivity index (χ2n) is 7.93. The first-order valence-corrected chi connectivity index (χ1v) is 11.4. The number of ether oxygens (including phenoxy) is 1. The van der Waals surface area contributed by atoms with Gasteiger partial charge in [0.25, 0.3) is 11.8 Å². The second kappa shape index (κ2) is 9.33. The summed E-state index contributed by atoms with van der Waals surface area (Å²) in [6.07, 6.45) is 2.37. The van der Waals surface area contributed by atoms with Gasteiger partial charge in [-0.25, -0.2) is 0 Å². The van der Waals surface area contributed by atoms with Crippen molar-refractivity contribution in [2.45, 2.75) is 33.3 Å². The number of hydrogen-bond donors (Lipinski definition) is 1. The van der Waals surface area contributed by atoms with Gasteiger partial charge in [0.1, 0.15) is 11.3 Å². The zero-order valence-corrected chi connectivity index (χ0v) is 20.1. The fraction of sp³-hybridized carbons (Fsp3) is 0.192. The van der Waals surface area contributed by atoms with E-state index in [1.54, 1.807) is 24.3 Å². The molecule has 3 aromatic carbocycles. The van der Waals surface area contributed by atoms with Crippen molar-refractivity contribution >= 4 is 63.3 Å². The number of carbonyl (C=O) groups is 2. The van der Waals surface area contributed by atoms with Gasteiger partial charge in [-0.3, -0.25) is 19.8 Å². The number of carbonyl (C=O) groups excluding carboxylic acids is 2. The van der Waals surface area contributed by atoms with Crippen LogP contribution in [0.25, 0.3) is 16.8 Å². The van der Waals surface area contributed by atoms with Gasteiger partial charge in [-0.2, -0.15) is 0 Å². The third-order valence-corrected chi connectivity index (χ3v) is 6.33. The Labute approximate surface area is 203 Å². The van der Waals surface area contributed by atoms with Gasteiger partial charge in [-0.05, 0) is 73.1 Å². The molecule has 0 unspecified atom stereocenters. The van der Waals surface area contributed by atoms with Gasteiger partial charge in [0.15, 0.2) is 5.11 Å². The molecule has 0 spiro atoms. The fourth-order valence-corrected chi connectivity index (χ4v) is 4.04. The molecule has 1 heterocycles. The van der Waals surface area contributed by atoms with Gasteiger partial charge in [-0.1, -0.05) is 54.9 Å². The molecular formula is C26H23ClN2O3S. The van der Waals surface area contributed by atoms with Crippen LogP contribution < -0.4 is 15.0 Å². The number of thiocarbonyl (C=S) groups is 1. The molecule has 33 heavy (non-hydrogen) atoms. The molecule has 168 valence electrons. The van der Waals surface area contributed by atoms with Crippen LogP contribution in [0.1, 0.15) is 31.4 Å². The summed E-state index contributed by atoms with van der Waals surface area (Å²) in [6, 6.07) is 16.8. The number of nitrogens with one attached hydrogen (secondary N) is 1. The zero-order chi connectivity index (χ0) is 23.7. The highest BCUT2D eigenvalue weighted by molar-refractivity contribution is 7.80. The third-order valence-electron chi connectivity index (χ3n) is 5.64. The highest BCUT2D eigenvalue weighted by Crippen LogP contribution is 2.33. The lowest BCUT2D eigenvalue weighted by atomic mass is 9.99. The van der Waals surface area contributed by atoms with E-state index in [1.165, 1.54) is 4.90 Å². The molecule has 1 N–H and O–H groups in total. The topological polar surface area (TPSA) is 58.6 Å². The Kier molecular flexibility index (Phi) is 6.49. The normalized spacial score (nSPS) is 16.3. The lowest BCUT2D eigenvalue weighted by Gasteiger charge is -2.29. The van der Waals surface area contributed by atoms with Gasteiger partial charge in [-0.15, -0.1) is 0 Å². The molecule has 2 amide bonds. The maximum atomic E-state index is 13.5. The highest BCUT2D eigenvalue weighted by Gasteiger charge is 2.35. The molecule has 1 fully saturated rings. The first-order valence-electron chi connectivity index (χ1n) is 10.7. The van der Waals surface area contributed by atoms with E-state index in [0.717, 1.165) is 22.8 Å². The van der Waals surface area contributed by atoms with Crippen LogP contribution >= 0.6 is 23.8 Å². The van der Waals surface area contributed by atoms with E-state index in [9.17, 15) is 9.59 Å². The standard InChI is InChI=1S/C26H23ClN2O3S/c1-4-16(3)32-23-12-10-17-7-5-6-8-19(17)20(23)14-21-24(30)28-26(33)29(25(21)31)18-11-9-15(2)22(27)13-18/h5-14,16H,4H2,1-3H3,(H,28,30,33)/b21-14+/t16-/m1/s1. The Morgan fingerprint density at radius 1 is 1.15 bits per heavy atom. The van der Waals surface area contributed by atoms with E-state index >= 15 is 0 Å². The Bertz CT molecular complexity index is 1320. The van der Waals surface area contributed by atoms with Crippen molar-refractivity contribution in [3.63, 3.8) is 0 Å². The molecule has 1 aliphatic heterocycles. The SMILES string of the molecule is CC[C@@H](C)Oc1ccc2ccccc2c1/C=C1\C(=O)NC(=S)N(c2ccc(C)c(Cl)c2)C1=O. The number of aryl methyl sites for hydroxylation is 1. The van der Waals surface area contributed by atoms with Crippen LogP contribution in [0.3, 0.4) is 0 Å². The lowest BCUT2D eigenvalue weighted by Crippen LogP contribution is -2.54. The average Bonchev–Trinajstić information content (AvgIpc) is 2.79. The molecule has 0 bridgehead atoms. The molecule has 3 aromatic rings. The molecule has 0 radical (unpaired) electrons. The van der Waals surface area contributed by atoms with Crippen LogP contribution in [-0.2, 0) is 9.59 Å². The number of hydrogen-bond acceptors (Lipinski definition) is 4. The van der Waals surface area contributed by atoms with Gasteiger partial charge in [0, 0.05) is 10.6 Å². The Balaban J connectivity index is 1.85. The van der Waals surface area contributed by atoms with Crippen LogP contribution in [0.2, 0.25) is 5.02 Å². The van der Waals surface area contributed by atoms with Crippen LogP contribution in [0.5, 0.6) is 5.75 Å². The molecule has 0 saturated carbocycles. The van der Waals surface area contributed by atoms with E-state index in [4.69, 9.17) is 28.6 Å². The van der Waals surface area contributed by atoms with Gasteiger partial charge in [0.2, 0.25) is 0 Å². The van der Waals surface area contributed by atoms with E-state index < -0.39 is 11.8 Å². The summed E-state index contributed by atoms with van der Waals surface area (Å²) in [5.74, 6) is -0.470. The molecule has 1 saturated heterocycles. The number of fused-ring (bicyclic) bond motifs is 1. The number of halogens is 1. The molecule has 4 rings (SSSR count). The summed E-state index contributed by atoms with van der Waals surface area (Å²) in [6.45, 7) is 5.88. The van der Waals surface area contributed by atoms with Crippen molar-refractivity contribution in [1.82, 2.24) is 5.32 Å². The minimum atomic E-state index is -0.554. The second-order valence-corrected chi connectivity index (χ2v) is 8.72. The van der Waals surface area contributed by atoms with Crippen molar-refractivity contribution < 1.29 is 14.3 Å². The van der Waals surface area contributed by atoms with Gasteiger partial charge in [0.05, 0.1) is 11.8 Å². The number of benzene rings is 3. The fourth-order valence-electron chi connectivity index (χ4n) is 3.58. The van der Waals surface area contributed by atoms with Gasteiger partial charge >= 0.3 is 0 Å². The first kappa shape index (κ1) is 23.0. The molecule has 7 heteroatoms. The molecule has 0 aliphatic carbocycles. The van der Waals surface area contributed by atoms with Crippen LogP contribution in [0.4, 0.5) is 5.69 Å². The number of nitrogens with zero attached hydrogens (tertiary/aromatic N) is 1. The van der Waals surface area contributed by atoms with E-state index in [-0.39, 0.29) is 16.8 Å². The van der Waals surface area contributed by atoms with Crippen LogP contribution in [0.15, 0.2) is 60.2 Å². The molecule has 5 nitrogen and oxygen atoms in total. The summed E-state index contributed by atoms with van der Waals surface area (Å²) in [5, 5.41) is 4.99. The van der Waals surface area contributed by atoms with E-state index in [0.29, 0.717) is 22.0 Å². The maximum Gasteiger partial charge on any atom is 0.270 e. The van der Waals surface area contributed by atoms with Crippen molar-refractivity contribution in [1.29, 1.82) is 0 Å². The van der Waals surface area contributed by atoms with E-state index in [1.807, 2.05) is 57.2 Å². The minimum absolute atomic E-state index is 0.0102. The summed E-state index contributed by atoms with van der Waals surface area (Å²) in [5.41, 5.74) is 1.99. The Morgan fingerprint density at radius 2 is 1.91 bits per heavy atom. The Morgan fingerprint density at radius 3 is 2.64 bits per heavy atom. The summed E-state index contributed by atoms with van der Waals surface area (Å²) in [7, 11) is 0. The predicted octanol–water partition coefficient (Wildman–Crippen LogP) is 5.81. The van der Waals surface area contributed by atoms with Crippen molar-refractivity contribution in [3.8, 4) is 5.75 Å². The Hall–Kier alpha value is -3.22.